The van der Waals surface area contributed by atoms with Crippen molar-refractivity contribution in [3.63, 3.8) is 0 Å². The largest absolute Gasteiger partial charge is 0.558 e. The zero-order valence-electron chi connectivity index (χ0n) is 19.8. The van der Waals surface area contributed by atoms with Crippen LogP contribution in [0.5, 0.6) is 5.75 Å². The molecule has 0 radical (unpaired) electrons. The zero-order chi connectivity index (χ0) is 24.3. The van der Waals surface area contributed by atoms with Crippen molar-refractivity contribution in [2.75, 3.05) is 19.3 Å². The summed E-state index contributed by atoms with van der Waals surface area (Å²) in [5, 5.41) is 10.2. The first-order chi connectivity index (χ1) is 15.9. The highest BCUT2D eigenvalue weighted by molar-refractivity contribution is 7.39. The number of rotatable bonds is 19. The number of hydrogen-bond donors (Lipinski definition) is 2. The normalized spacial score (nSPS) is 12.2. The summed E-state index contributed by atoms with van der Waals surface area (Å²) in [7, 11) is -2.22. The Labute approximate surface area is 198 Å². The third-order valence-electron chi connectivity index (χ3n) is 5.16. The Bertz CT molecular complexity index is 689. The molecule has 0 saturated heterocycles. The van der Waals surface area contributed by atoms with Crippen molar-refractivity contribution in [1.82, 2.24) is 5.06 Å². The Hall–Kier alpha value is -2.02. The van der Waals surface area contributed by atoms with Crippen LogP contribution in [0.3, 0.4) is 0 Å². The number of ether oxygens (including phenoxy) is 1. The number of para-hydroxylation sites is 1. The molecule has 2 atom stereocenters. The van der Waals surface area contributed by atoms with Crippen molar-refractivity contribution in [2.45, 2.75) is 83.6 Å². The van der Waals surface area contributed by atoms with Gasteiger partial charge in [-0.1, -0.05) is 82.9 Å². The van der Waals surface area contributed by atoms with Crippen molar-refractivity contribution in [3.8, 4) is 5.75 Å². The van der Waals surface area contributed by atoms with Crippen LogP contribution in [0.4, 0.5) is 0 Å². The van der Waals surface area contributed by atoms with Crippen LogP contribution in [0.15, 0.2) is 30.3 Å². The summed E-state index contributed by atoms with van der Waals surface area (Å²) in [5.74, 6) is -0.897. The van der Waals surface area contributed by atoms with E-state index in [2.05, 4.69) is 6.92 Å². The topological polar surface area (TPSA) is 119 Å². The molecule has 0 saturated carbocycles. The number of hydroxylamine groups is 2. The fourth-order valence-corrected chi connectivity index (χ4v) is 4.13. The Morgan fingerprint density at radius 2 is 1.58 bits per heavy atom. The highest BCUT2D eigenvalue weighted by Crippen LogP contribution is 2.27. The van der Waals surface area contributed by atoms with Crippen molar-refractivity contribution < 1.29 is 28.6 Å². The maximum Gasteiger partial charge on any atom is 0.558 e. The van der Waals surface area contributed by atoms with E-state index in [1.54, 1.807) is 30.3 Å². The summed E-state index contributed by atoms with van der Waals surface area (Å²) >= 11 is 0. The molecular formula is C24H40N2O6P+. The molecule has 1 rings (SSSR count). The van der Waals surface area contributed by atoms with Crippen molar-refractivity contribution in [3.05, 3.63) is 30.3 Å². The standard InChI is InChI=1S/C24H40N2O6P/c1-2-3-4-5-6-7-8-9-10-14-19-31-23(27)17-18-26(29)24(28)22(25)20-33(30)32-21-15-12-11-13-16-21/h11-13,15-16,22,29H,2-10,14,17-20,25H2,1H3/q+1/t22-/m1/s1. The van der Waals surface area contributed by atoms with E-state index < -0.39 is 25.9 Å². The van der Waals surface area contributed by atoms with Gasteiger partial charge in [0.15, 0.2) is 5.75 Å². The molecule has 0 heterocycles. The fourth-order valence-electron chi connectivity index (χ4n) is 3.22. The predicted molar refractivity (Wildman–Crippen MR) is 128 cm³/mol. The number of nitrogens with zero attached hydrogens (tertiary/aromatic N) is 1. The number of esters is 1. The number of unbranched alkanes of at least 4 members (excludes halogenated alkanes) is 9. The third-order valence-corrected chi connectivity index (χ3v) is 6.26. The highest BCUT2D eigenvalue weighted by Gasteiger charge is 2.31. The van der Waals surface area contributed by atoms with Gasteiger partial charge < -0.3 is 10.5 Å². The molecule has 1 aromatic carbocycles. The molecule has 8 nitrogen and oxygen atoms in total. The summed E-state index contributed by atoms with van der Waals surface area (Å²) in [6, 6.07) is 7.33. The minimum atomic E-state index is -2.22. The Kier molecular flexibility index (Phi) is 16.2. The van der Waals surface area contributed by atoms with Gasteiger partial charge in [0, 0.05) is 0 Å². The maximum absolute atomic E-state index is 12.1. The van der Waals surface area contributed by atoms with Gasteiger partial charge in [-0.2, -0.15) is 0 Å². The zero-order valence-corrected chi connectivity index (χ0v) is 20.7. The van der Waals surface area contributed by atoms with E-state index in [0.29, 0.717) is 17.4 Å². The van der Waals surface area contributed by atoms with Gasteiger partial charge in [0.1, 0.15) is 6.04 Å². The van der Waals surface area contributed by atoms with Crippen LogP contribution in [-0.4, -0.2) is 47.5 Å². The van der Waals surface area contributed by atoms with Crippen molar-refractivity contribution in [2.24, 2.45) is 5.73 Å². The maximum atomic E-state index is 12.1. The molecule has 186 valence electrons. The first kappa shape index (κ1) is 29.0. The fraction of sp³-hybridized carbons (Fsp3) is 0.667. The molecule has 0 fully saturated rings. The lowest BCUT2D eigenvalue weighted by molar-refractivity contribution is -0.168. The molecule has 33 heavy (non-hydrogen) atoms. The van der Waals surface area contributed by atoms with Gasteiger partial charge in [0.25, 0.3) is 5.91 Å². The van der Waals surface area contributed by atoms with Gasteiger partial charge in [-0.25, -0.2) is 5.06 Å². The molecule has 1 aromatic rings. The van der Waals surface area contributed by atoms with Crippen LogP contribution in [0.2, 0.25) is 0 Å². The summed E-state index contributed by atoms with van der Waals surface area (Å²) in [6.07, 6.45) is 11.6. The van der Waals surface area contributed by atoms with E-state index in [9.17, 15) is 19.4 Å². The monoisotopic (exact) mass is 483 g/mol. The Morgan fingerprint density at radius 3 is 2.18 bits per heavy atom. The van der Waals surface area contributed by atoms with Gasteiger partial charge in [0.05, 0.1) is 19.6 Å². The van der Waals surface area contributed by atoms with E-state index >= 15 is 0 Å². The van der Waals surface area contributed by atoms with Gasteiger partial charge in [-0.15, -0.1) is 0 Å². The van der Waals surface area contributed by atoms with Crippen LogP contribution < -0.4 is 10.3 Å². The molecule has 0 aliphatic carbocycles. The van der Waals surface area contributed by atoms with Gasteiger partial charge in [0.2, 0.25) is 6.16 Å². The number of carbonyl (C=O) groups excluding carboxylic acids is 2. The molecule has 0 aliphatic heterocycles. The highest BCUT2D eigenvalue weighted by atomic mass is 31.1. The number of hydrogen-bond acceptors (Lipinski definition) is 7. The van der Waals surface area contributed by atoms with E-state index in [1.807, 2.05) is 0 Å². The molecule has 0 aromatic heterocycles. The van der Waals surface area contributed by atoms with E-state index in [0.717, 1.165) is 19.3 Å². The van der Waals surface area contributed by atoms with Gasteiger partial charge in [-0.05, 0) is 23.1 Å². The van der Waals surface area contributed by atoms with Crippen LogP contribution in [0, 0.1) is 0 Å². The molecule has 0 spiro atoms. The quantitative estimate of drug-likeness (QED) is 0.0911. The van der Waals surface area contributed by atoms with E-state index in [1.165, 1.54) is 44.9 Å². The number of amides is 1. The lowest BCUT2D eigenvalue weighted by atomic mass is 10.1. The van der Waals surface area contributed by atoms with Gasteiger partial charge >= 0.3 is 14.0 Å². The molecule has 1 unspecified atom stereocenters. The Morgan fingerprint density at radius 1 is 1.00 bits per heavy atom. The van der Waals surface area contributed by atoms with Gasteiger partial charge in [-0.3, -0.25) is 19.3 Å². The van der Waals surface area contributed by atoms with Crippen LogP contribution >= 0.6 is 8.03 Å². The number of nitrogens with two attached hydrogens (primary N) is 1. The molecule has 0 bridgehead atoms. The number of carbonyl (C=O) groups is 2. The summed E-state index contributed by atoms with van der Waals surface area (Å²) in [4.78, 5) is 23.9. The average molecular weight is 484 g/mol. The predicted octanol–water partition coefficient (Wildman–Crippen LogP) is 5.21. The minimum absolute atomic E-state index is 0.140. The Balaban J connectivity index is 2.08. The van der Waals surface area contributed by atoms with Crippen LogP contribution in [-0.2, 0) is 18.9 Å². The first-order valence-corrected chi connectivity index (χ1v) is 13.4. The average Bonchev–Trinajstić information content (AvgIpc) is 2.81. The lowest BCUT2D eigenvalue weighted by Gasteiger charge is -2.16. The molecule has 9 heteroatoms. The van der Waals surface area contributed by atoms with E-state index in [-0.39, 0.29) is 19.1 Å². The minimum Gasteiger partial charge on any atom is -0.466 e. The van der Waals surface area contributed by atoms with Crippen molar-refractivity contribution in [1.29, 1.82) is 0 Å². The lowest BCUT2D eigenvalue weighted by Crippen LogP contribution is -2.44. The van der Waals surface area contributed by atoms with Crippen LogP contribution in [0.25, 0.3) is 0 Å². The molecule has 1 amide bonds. The van der Waals surface area contributed by atoms with Crippen LogP contribution in [0.1, 0.15) is 77.6 Å². The molecule has 3 N–H and O–H groups in total. The van der Waals surface area contributed by atoms with Crippen molar-refractivity contribution >= 4 is 19.9 Å². The number of benzene rings is 1. The summed E-state index contributed by atoms with van der Waals surface area (Å²) in [5.41, 5.74) is 5.73. The second kappa shape index (κ2) is 18.4. The first-order valence-electron chi connectivity index (χ1n) is 12.0. The smallest absolute Gasteiger partial charge is 0.466 e. The van der Waals surface area contributed by atoms with E-state index in [4.69, 9.17) is 15.0 Å². The SMILES string of the molecule is CCCCCCCCCCCCOC(=O)CCN(O)C(=O)[C@H](N)C[P+](=O)Oc1ccccc1. The second-order valence-corrected chi connectivity index (χ2v) is 9.35. The third kappa shape index (κ3) is 14.7. The summed E-state index contributed by atoms with van der Waals surface area (Å²) < 4.78 is 22.4. The second-order valence-electron chi connectivity index (χ2n) is 8.14. The molecular weight excluding hydrogens is 443 g/mol. The summed E-state index contributed by atoms with van der Waals surface area (Å²) in [6.45, 7) is 2.32. The molecule has 0 aliphatic rings.